The molecule has 3 rings (SSSR count). The van der Waals surface area contributed by atoms with Gasteiger partial charge in [-0.2, -0.15) is 0 Å². The number of hydrogen-bond donors (Lipinski definition) is 0. The first-order valence-electron chi connectivity index (χ1n) is 7.63. The monoisotopic (exact) mass is 275 g/mol. The second kappa shape index (κ2) is 6.09. The van der Waals surface area contributed by atoms with E-state index in [-0.39, 0.29) is 0 Å². The van der Waals surface area contributed by atoms with Gasteiger partial charge in [-0.1, -0.05) is 55.5 Å². The van der Waals surface area contributed by atoms with Crippen LogP contribution in [0.2, 0.25) is 0 Å². The highest BCUT2D eigenvalue weighted by Gasteiger charge is 2.07. The van der Waals surface area contributed by atoms with Crippen molar-refractivity contribution in [1.29, 1.82) is 0 Å². The molecule has 0 radical (unpaired) electrons. The molecule has 1 atom stereocenters. The van der Waals surface area contributed by atoms with Crippen molar-refractivity contribution < 1.29 is 0 Å². The number of hydrogen-bond acceptors (Lipinski definition) is 1. The number of pyridine rings is 1. The van der Waals surface area contributed by atoms with Crippen molar-refractivity contribution in [2.45, 2.75) is 32.6 Å². The predicted octanol–water partition coefficient (Wildman–Crippen LogP) is 5.28. The lowest BCUT2D eigenvalue weighted by Crippen LogP contribution is -1.97. The van der Waals surface area contributed by atoms with Gasteiger partial charge in [0.25, 0.3) is 0 Å². The third-order valence-electron chi connectivity index (χ3n) is 4.13. The Morgan fingerprint density at radius 1 is 0.952 bits per heavy atom. The van der Waals surface area contributed by atoms with Gasteiger partial charge in [-0.05, 0) is 48.9 Å². The summed E-state index contributed by atoms with van der Waals surface area (Å²) in [6.07, 6.45) is 2.29. The van der Waals surface area contributed by atoms with E-state index in [0.717, 1.165) is 17.6 Å². The first kappa shape index (κ1) is 13.8. The summed E-state index contributed by atoms with van der Waals surface area (Å²) in [5.41, 5.74) is 4.99. The smallest absolute Gasteiger partial charge is 0.0708 e. The van der Waals surface area contributed by atoms with Crippen molar-refractivity contribution in [3.05, 3.63) is 77.5 Å². The predicted molar refractivity (Wildman–Crippen MR) is 89.7 cm³/mol. The van der Waals surface area contributed by atoms with E-state index < -0.39 is 0 Å². The van der Waals surface area contributed by atoms with Gasteiger partial charge in [-0.15, -0.1) is 0 Å². The minimum atomic E-state index is 0.553. The number of aryl methyl sites for hydroxylation is 2. The molecule has 3 aromatic rings. The van der Waals surface area contributed by atoms with Crippen molar-refractivity contribution >= 4 is 10.9 Å². The number of fused-ring (bicyclic) bond motifs is 1. The molecule has 0 aliphatic heterocycles. The molecule has 106 valence electrons. The van der Waals surface area contributed by atoms with Gasteiger partial charge in [0, 0.05) is 11.1 Å². The van der Waals surface area contributed by atoms with E-state index in [2.05, 4.69) is 72.6 Å². The van der Waals surface area contributed by atoms with Crippen LogP contribution in [0, 0.1) is 6.92 Å². The molecule has 0 aliphatic rings. The van der Waals surface area contributed by atoms with Gasteiger partial charge in [0.05, 0.1) is 5.52 Å². The molecule has 1 aromatic heterocycles. The lowest BCUT2D eigenvalue weighted by molar-refractivity contribution is 0.680. The number of rotatable bonds is 4. The molecule has 1 heterocycles. The fraction of sp³-hybridized carbons (Fsp3) is 0.250. The SMILES string of the molecule is Cc1ccc2ccc([C@@H](C)CCc3ccccc3)cc2n1. The fourth-order valence-corrected chi connectivity index (χ4v) is 2.74. The van der Waals surface area contributed by atoms with Crippen LogP contribution in [-0.4, -0.2) is 4.98 Å². The van der Waals surface area contributed by atoms with Crippen LogP contribution in [-0.2, 0) is 6.42 Å². The van der Waals surface area contributed by atoms with Crippen LogP contribution < -0.4 is 0 Å². The minimum absolute atomic E-state index is 0.553. The van der Waals surface area contributed by atoms with Crippen LogP contribution >= 0.6 is 0 Å². The lowest BCUT2D eigenvalue weighted by Gasteiger charge is -2.13. The number of nitrogens with zero attached hydrogens (tertiary/aromatic N) is 1. The van der Waals surface area contributed by atoms with Crippen molar-refractivity contribution in [2.75, 3.05) is 0 Å². The van der Waals surface area contributed by atoms with Crippen LogP contribution in [0.25, 0.3) is 10.9 Å². The average molecular weight is 275 g/mol. The summed E-state index contributed by atoms with van der Waals surface area (Å²) in [6.45, 7) is 4.35. The third-order valence-corrected chi connectivity index (χ3v) is 4.13. The molecular weight excluding hydrogens is 254 g/mol. The topological polar surface area (TPSA) is 12.9 Å². The molecule has 0 fully saturated rings. The maximum absolute atomic E-state index is 4.64. The zero-order chi connectivity index (χ0) is 14.7. The highest BCUT2D eigenvalue weighted by atomic mass is 14.7. The second-order valence-electron chi connectivity index (χ2n) is 5.83. The molecule has 1 heteroatoms. The number of benzene rings is 2. The van der Waals surface area contributed by atoms with Gasteiger partial charge in [-0.25, -0.2) is 0 Å². The van der Waals surface area contributed by atoms with Crippen LogP contribution in [0.3, 0.4) is 0 Å². The largest absolute Gasteiger partial charge is 0.253 e. The first-order valence-corrected chi connectivity index (χ1v) is 7.63. The molecule has 2 aromatic carbocycles. The highest BCUT2D eigenvalue weighted by Crippen LogP contribution is 2.24. The summed E-state index contributed by atoms with van der Waals surface area (Å²) in [6, 6.07) is 21.6. The molecule has 21 heavy (non-hydrogen) atoms. The summed E-state index contributed by atoms with van der Waals surface area (Å²) in [4.78, 5) is 4.64. The molecule has 0 amide bonds. The van der Waals surface area contributed by atoms with E-state index in [1.165, 1.54) is 22.9 Å². The van der Waals surface area contributed by atoms with E-state index in [4.69, 9.17) is 0 Å². The van der Waals surface area contributed by atoms with E-state index in [0.29, 0.717) is 5.92 Å². The van der Waals surface area contributed by atoms with Crippen molar-refractivity contribution in [3.63, 3.8) is 0 Å². The molecule has 0 unspecified atom stereocenters. The van der Waals surface area contributed by atoms with Crippen LogP contribution in [0.5, 0.6) is 0 Å². The standard InChI is InChI=1S/C20H21N/c1-15(8-10-17-6-4-3-5-7-17)19-13-12-18-11-9-16(2)21-20(18)14-19/h3-7,9,11-15H,8,10H2,1-2H3/t15-/m0/s1. The highest BCUT2D eigenvalue weighted by molar-refractivity contribution is 5.79. The Morgan fingerprint density at radius 2 is 1.71 bits per heavy atom. The third kappa shape index (κ3) is 3.30. The summed E-state index contributed by atoms with van der Waals surface area (Å²) in [5.74, 6) is 0.553. The Balaban J connectivity index is 1.76. The van der Waals surface area contributed by atoms with Crippen molar-refractivity contribution in [1.82, 2.24) is 4.98 Å². The van der Waals surface area contributed by atoms with Crippen molar-refractivity contribution in [2.24, 2.45) is 0 Å². The molecule has 0 saturated carbocycles. The summed E-state index contributed by atoms with van der Waals surface area (Å²) in [7, 11) is 0. The molecule has 0 aliphatic carbocycles. The Hall–Kier alpha value is -2.15. The molecule has 0 spiro atoms. The van der Waals surface area contributed by atoms with Gasteiger partial charge in [-0.3, -0.25) is 4.98 Å². The van der Waals surface area contributed by atoms with Gasteiger partial charge in [0.1, 0.15) is 0 Å². The average Bonchev–Trinajstić information content (AvgIpc) is 2.53. The van der Waals surface area contributed by atoms with Gasteiger partial charge >= 0.3 is 0 Å². The summed E-state index contributed by atoms with van der Waals surface area (Å²) in [5, 5.41) is 1.22. The molecule has 0 saturated heterocycles. The maximum atomic E-state index is 4.64. The second-order valence-corrected chi connectivity index (χ2v) is 5.83. The van der Waals surface area contributed by atoms with Gasteiger partial charge < -0.3 is 0 Å². The molecule has 0 bridgehead atoms. The van der Waals surface area contributed by atoms with Crippen LogP contribution in [0.15, 0.2) is 60.7 Å². The fourth-order valence-electron chi connectivity index (χ4n) is 2.74. The summed E-state index contributed by atoms with van der Waals surface area (Å²) >= 11 is 0. The zero-order valence-corrected chi connectivity index (χ0v) is 12.7. The van der Waals surface area contributed by atoms with Crippen LogP contribution in [0.1, 0.15) is 36.1 Å². The van der Waals surface area contributed by atoms with Gasteiger partial charge in [0.2, 0.25) is 0 Å². The molecule has 1 nitrogen and oxygen atoms in total. The zero-order valence-electron chi connectivity index (χ0n) is 12.7. The number of aromatic nitrogens is 1. The van der Waals surface area contributed by atoms with E-state index >= 15 is 0 Å². The quantitative estimate of drug-likeness (QED) is 0.631. The Morgan fingerprint density at radius 3 is 2.52 bits per heavy atom. The Bertz CT molecular complexity index is 731. The normalized spacial score (nSPS) is 12.5. The first-order chi connectivity index (χ1) is 10.2. The molecular formula is C20H21N. The van der Waals surface area contributed by atoms with E-state index in [1.807, 2.05) is 6.92 Å². The van der Waals surface area contributed by atoms with Crippen molar-refractivity contribution in [3.8, 4) is 0 Å². The molecule has 0 N–H and O–H groups in total. The minimum Gasteiger partial charge on any atom is -0.253 e. The Kier molecular flexibility index (Phi) is 4.01. The summed E-state index contributed by atoms with van der Waals surface area (Å²) < 4.78 is 0. The van der Waals surface area contributed by atoms with E-state index in [1.54, 1.807) is 0 Å². The lowest BCUT2D eigenvalue weighted by atomic mass is 9.93. The maximum Gasteiger partial charge on any atom is 0.0708 e. The van der Waals surface area contributed by atoms with Gasteiger partial charge in [0.15, 0.2) is 0 Å². The van der Waals surface area contributed by atoms with E-state index in [9.17, 15) is 0 Å². The van der Waals surface area contributed by atoms with Crippen LogP contribution in [0.4, 0.5) is 0 Å². The Labute approximate surface area is 126 Å².